The summed E-state index contributed by atoms with van der Waals surface area (Å²) in [6, 6.07) is 6.32. The molecule has 0 aliphatic heterocycles. The van der Waals surface area contributed by atoms with Crippen LogP contribution < -0.4 is 10.1 Å². The molecule has 1 aromatic carbocycles. The van der Waals surface area contributed by atoms with E-state index in [2.05, 4.69) is 42.5 Å². The van der Waals surface area contributed by atoms with E-state index >= 15 is 0 Å². The molecule has 8 heteroatoms. The molecule has 7 nitrogen and oxygen atoms in total. The molecule has 0 bridgehead atoms. The Kier molecular flexibility index (Phi) is 17.1. The number of anilines is 1. The molecule has 1 aromatic heterocycles. The average Bonchev–Trinajstić information content (AvgIpc) is 3.71. The zero-order chi connectivity index (χ0) is 39.0. The van der Waals surface area contributed by atoms with Gasteiger partial charge in [-0.3, -0.25) is 14.4 Å². The van der Waals surface area contributed by atoms with Gasteiger partial charge >= 0.3 is 11.9 Å². The van der Waals surface area contributed by atoms with Crippen LogP contribution in [0, 0.1) is 30.1 Å². The van der Waals surface area contributed by atoms with Crippen LogP contribution in [0.25, 0.3) is 0 Å². The van der Waals surface area contributed by atoms with E-state index in [1.54, 1.807) is 6.20 Å². The molecule has 0 radical (unpaired) electrons. The minimum atomic E-state index is -0.142. The first-order chi connectivity index (χ1) is 26.7. The Hall–Kier alpha value is -3.26. The molecule has 2 aromatic rings. The molecule has 6 unspecified atom stereocenters. The molecular formula is C47H68N2O5S. The Bertz CT molecular complexity index is 1570. The SMILES string of the molecule is C=CCCCCCCCCC(=O)Oc1ccc2c(c1)CCC1C2CCC2(C)C(OC(=O)CCCCCCCCC=C)CC(CCC(=O)Nc3ncc(C)s3)C12. The highest BCUT2D eigenvalue weighted by atomic mass is 32.1. The molecule has 5 rings (SSSR count). The van der Waals surface area contributed by atoms with Crippen LogP contribution in [0.4, 0.5) is 5.13 Å². The summed E-state index contributed by atoms with van der Waals surface area (Å²) in [6.07, 6.45) is 28.2. The lowest BCUT2D eigenvalue weighted by Gasteiger charge is -2.51. The van der Waals surface area contributed by atoms with Gasteiger partial charge in [0.05, 0.1) is 0 Å². The summed E-state index contributed by atoms with van der Waals surface area (Å²) in [6.45, 7) is 12.0. The van der Waals surface area contributed by atoms with Gasteiger partial charge in [-0.1, -0.05) is 76.5 Å². The van der Waals surface area contributed by atoms with Gasteiger partial charge in [-0.15, -0.1) is 24.5 Å². The van der Waals surface area contributed by atoms with E-state index in [9.17, 15) is 14.4 Å². The number of esters is 2. The molecule has 3 aliphatic rings. The van der Waals surface area contributed by atoms with Gasteiger partial charge in [0.25, 0.3) is 0 Å². The van der Waals surface area contributed by atoms with E-state index in [4.69, 9.17) is 9.47 Å². The molecular weight excluding hydrogens is 705 g/mol. The van der Waals surface area contributed by atoms with Crippen molar-refractivity contribution < 1.29 is 23.9 Å². The number of unbranched alkanes of at least 4 members (excludes halogenated alkanes) is 12. The Morgan fingerprint density at radius 1 is 0.891 bits per heavy atom. The summed E-state index contributed by atoms with van der Waals surface area (Å²) < 4.78 is 12.3. The van der Waals surface area contributed by atoms with Gasteiger partial charge in [0.15, 0.2) is 5.13 Å². The molecule has 2 fully saturated rings. The summed E-state index contributed by atoms with van der Waals surface area (Å²) in [7, 11) is 0. The number of aryl methyl sites for hydroxylation is 2. The smallest absolute Gasteiger partial charge is 0.311 e. The number of fused-ring (bicyclic) bond motifs is 5. The number of allylic oxidation sites excluding steroid dienone is 2. The molecule has 0 saturated heterocycles. The van der Waals surface area contributed by atoms with Crippen LogP contribution in [0.2, 0.25) is 0 Å². The number of hydrogen-bond donors (Lipinski definition) is 1. The zero-order valence-corrected chi connectivity index (χ0v) is 34.7. The van der Waals surface area contributed by atoms with Crippen LogP contribution in [0.5, 0.6) is 5.75 Å². The molecule has 1 heterocycles. The van der Waals surface area contributed by atoms with Crippen molar-refractivity contribution in [2.75, 3.05) is 5.32 Å². The Labute approximate surface area is 335 Å². The number of benzene rings is 1. The number of rotatable bonds is 24. The van der Waals surface area contributed by atoms with E-state index in [-0.39, 0.29) is 29.4 Å². The first-order valence-corrected chi connectivity index (χ1v) is 22.5. The van der Waals surface area contributed by atoms with Crippen molar-refractivity contribution in [3.63, 3.8) is 0 Å². The molecule has 3 aliphatic carbocycles. The van der Waals surface area contributed by atoms with E-state index in [1.165, 1.54) is 61.0 Å². The minimum absolute atomic E-state index is 0.00340. The number of ether oxygens (including phenoxy) is 2. The van der Waals surface area contributed by atoms with E-state index in [0.29, 0.717) is 53.8 Å². The van der Waals surface area contributed by atoms with E-state index in [0.717, 1.165) is 94.8 Å². The number of thiazole rings is 1. The number of carbonyl (C=O) groups excluding carboxylic acids is 3. The fourth-order valence-electron chi connectivity index (χ4n) is 10.2. The average molecular weight is 773 g/mol. The fourth-order valence-corrected chi connectivity index (χ4v) is 10.9. The first-order valence-electron chi connectivity index (χ1n) is 21.7. The summed E-state index contributed by atoms with van der Waals surface area (Å²) in [5.41, 5.74) is 2.56. The van der Waals surface area contributed by atoms with Crippen LogP contribution in [-0.4, -0.2) is 28.9 Å². The normalized spacial score (nSPS) is 23.9. The molecule has 2 saturated carbocycles. The minimum Gasteiger partial charge on any atom is -0.462 e. The second kappa shape index (κ2) is 21.9. The highest BCUT2D eigenvalue weighted by molar-refractivity contribution is 7.15. The van der Waals surface area contributed by atoms with Crippen molar-refractivity contribution in [3.05, 3.63) is 65.7 Å². The molecule has 55 heavy (non-hydrogen) atoms. The first kappa shape index (κ1) is 42.9. The largest absolute Gasteiger partial charge is 0.462 e. The number of hydrogen-bond acceptors (Lipinski definition) is 7. The topological polar surface area (TPSA) is 94.6 Å². The van der Waals surface area contributed by atoms with Crippen molar-refractivity contribution in [3.8, 4) is 5.75 Å². The Morgan fingerprint density at radius 2 is 1.55 bits per heavy atom. The molecule has 0 spiro atoms. The second-order valence-electron chi connectivity index (χ2n) is 16.9. The number of nitrogens with one attached hydrogen (secondary N) is 1. The predicted molar refractivity (Wildman–Crippen MR) is 224 cm³/mol. The van der Waals surface area contributed by atoms with Crippen LogP contribution in [-0.2, 0) is 25.5 Å². The maximum atomic E-state index is 13.3. The number of nitrogens with zero attached hydrogens (tertiary/aromatic N) is 1. The Morgan fingerprint density at radius 3 is 2.20 bits per heavy atom. The number of aromatic nitrogens is 1. The maximum Gasteiger partial charge on any atom is 0.311 e. The molecule has 1 N–H and O–H groups in total. The highest BCUT2D eigenvalue weighted by Crippen LogP contribution is 2.64. The van der Waals surface area contributed by atoms with Gasteiger partial charge in [0.1, 0.15) is 11.9 Å². The predicted octanol–water partition coefficient (Wildman–Crippen LogP) is 12.4. The summed E-state index contributed by atoms with van der Waals surface area (Å²) in [5.74, 6) is 1.98. The van der Waals surface area contributed by atoms with Gasteiger partial charge < -0.3 is 14.8 Å². The number of carbonyl (C=O) groups is 3. The highest BCUT2D eigenvalue weighted by Gasteiger charge is 2.60. The van der Waals surface area contributed by atoms with Gasteiger partial charge in [0.2, 0.25) is 5.91 Å². The van der Waals surface area contributed by atoms with Gasteiger partial charge in [-0.25, -0.2) is 4.98 Å². The van der Waals surface area contributed by atoms with Crippen molar-refractivity contribution in [2.24, 2.45) is 23.2 Å². The van der Waals surface area contributed by atoms with Crippen molar-refractivity contribution in [2.45, 2.75) is 174 Å². The van der Waals surface area contributed by atoms with Gasteiger partial charge in [0, 0.05) is 35.8 Å². The fraction of sp³-hybridized carbons (Fsp3) is 0.660. The van der Waals surface area contributed by atoms with E-state index < -0.39 is 0 Å². The monoisotopic (exact) mass is 772 g/mol. The summed E-state index contributed by atoms with van der Waals surface area (Å²) >= 11 is 1.50. The van der Waals surface area contributed by atoms with Crippen LogP contribution in [0.15, 0.2) is 49.7 Å². The van der Waals surface area contributed by atoms with Gasteiger partial charge in [-0.05, 0) is 131 Å². The Balaban J connectivity index is 1.19. The lowest BCUT2D eigenvalue weighted by molar-refractivity contribution is -0.157. The van der Waals surface area contributed by atoms with E-state index in [1.807, 2.05) is 25.1 Å². The molecule has 1 amide bonds. The standard InChI is InChI=1S/C47H68N2O5S/c1-5-7-9-11-13-15-17-19-21-43(51)53-37-25-27-38-35(31-37)23-26-40-39(38)29-30-47(4)41(54-44(52)22-20-18-16-14-12-10-8-6-2)32-36(45(40)47)24-28-42(50)49-46-48-33-34(3)55-46/h5-6,25,27,31,33,36,39-41,45H,1-2,7-24,26,28-30,32H2,3-4H3,(H,48,49,50). The summed E-state index contributed by atoms with van der Waals surface area (Å²) in [5, 5.41) is 3.66. The maximum absolute atomic E-state index is 13.3. The van der Waals surface area contributed by atoms with Gasteiger partial charge in [-0.2, -0.15) is 0 Å². The quantitative estimate of drug-likeness (QED) is 0.0494. The van der Waals surface area contributed by atoms with Crippen LogP contribution in [0.3, 0.4) is 0 Å². The molecule has 302 valence electrons. The number of amides is 1. The third-order valence-electron chi connectivity index (χ3n) is 12.9. The van der Waals surface area contributed by atoms with Crippen molar-refractivity contribution in [1.82, 2.24) is 4.98 Å². The lowest BCUT2D eigenvalue weighted by atomic mass is 9.53. The van der Waals surface area contributed by atoms with Crippen LogP contribution in [0.1, 0.15) is 170 Å². The van der Waals surface area contributed by atoms with Crippen molar-refractivity contribution >= 4 is 34.3 Å². The zero-order valence-electron chi connectivity index (χ0n) is 33.9. The summed E-state index contributed by atoms with van der Waals surface area (Å²) in [4.78, 5) is 44.6. The third-order valence-corrected chi connectivity index (χ3v) is 13.8. The third kappa shape index (κ3) is 12.4. The van der Waals surface area contributed by atoms with Crippen LogP contribution >= 0.6 is 11.3 Å². The second-order valence-corrected chi connectivity index (χ2v) is 18.2. The van der Waals surface area contributed by atoms with Crippen molar-refractivity contribution in [1.29, 1.82) is 0 Å². The lowest BCUT2D eigenvalue weighted by Crippen LogP contribution is -2.46. The molecule has 6 atom stereocenters.